The molecule has 2 aromatic rings. The topological polar surface area (TPSA) is 57.7 Å². The lowest BCUT2D eigenvalue weighted by molar-refractivity contribution is 0.0697. The van der Waals surface area contributed by atoms with Crippen LogP contribution in [0.4, 0.5) is 0 Å². The van der Waals surface area contributed by atoms with Gasteiger partial charge in [0.05, 0.1) is 4.90 Å². The van der Waals surface area contributed by atoms with Crippen LogP contribution in [0.5, 0.6) is 0 Å². The van der Waals surface area contributed by atoms with Crippen LogP contribution in [-0.2, 0) is 10.0 Å². The van der Waals surface area contributed by atoms with E-state index in [1.807, 2.05) is 39.8 Å². The summed E-state index contributed by atoms with van der Waals surface area (Å²) in [7, 11) is -3.52. The first-order valence-corrected chi connectivity index (χ1v) is 10.6. The van der Waals surface area contributed by atoms with Crippen molar-refractivity contribution in [2.45, 2.75) is 32.6 Å². The molecule has 0 spiro atoms. The highest BCUT2D eigenvalue weighted by Crippen LogP contribution is 2.21. The summed E-state index contributed by atoms with van der Waals surface area (Å²) < 4.78 is 27.1. The smallest absolute Gasteiger partial charge is 0.254 e. The molecule has 5 nitrogen and oxygen atoms in total. The van der Waals surface area contributed by atoms with E-state index in [4.69, 9.17) is 0 Å². The van der Waals surface area contributed by atoms with Gasteiger partial charge >= 0.3 is 0 Å². The van der Waals surface area contributed by atoms with Crippen molar-refractivity contribution in [2.24, 2.45) is 0 Å². The standard InChI is InChI=1S/C21H26N2O3S/c1-15-5-7-19(8-6-15)27(25,26)23-11-9-22(10-12-23)21(24)20-14-17(3)16(2)13-18(20)4/h5-8,13-14H,9-12H2,1-4H3. The van der Waals surface area contributed by atoms with Gasteiger partial charge in [-0.3, -0.25) is 4.79 Å². The summed E-state index contributed by atoms with van der Waals surface area (Å²) in [5, 5.41) is 0. The van der Waals surface area contributed by atoms with Gasteiger partial charge in [0.15, 0.2) is 0 Å². The van der Waals surface area contributed by atoms with Crippen molar-refractivity contribution < 1.29 is 13.2 Å². The van der Waals surface area contributed by atoms with Gasteiger partial charge in [0, 0.05) is 31.7 Å². The van der Waals surface area contributed by atoms with E-state index in [-0.39, 0.29) is 5.91 Å². The number of rotatable bonds is 3. The molecule has 144 valence electrons. The normalized spacial score (nSPS) is 15.8. The Morgan fingerprint density at radius 3 is 1.96 bits per heavy atom. The van der Waals surface area contributed by atoms with E-state index in [9.17, 15) is 13.2 Å². The zero-order valence-electron chi connectivity index (χ0n) is 16.3. The quantitative estimate of drug-likeness (QED) is 0.815. The molecule has 1 saturated heterocycles. The van der Waals surface area contributed by atoms with Gasteiger partial charge in [-0.2, -0.15) is 4.31 Å². The minimum Gasteiger partial charge on any atom is -0.336 e. The molecule has 1 aliphatic rings. The van der Waals surface area contributed by atoms with Crippen LogP contribution in [0.25, 0.3) is 0 Å². The maximum Gasteiger partial charge on any atom is 0.254 e. The van der Waals surface area contributed by atoms with Gasteiger partial charge in [-0.1, -0.05) is 23.8 Å². The summed E-state index contributed by atoms with van der Waals surface area (Å²) in [5.41, 5.74) is 4.93. The predicted octanol–water partition coefficient (Wildman–Crippen LogP) is 3.07. The van der Waals surface area contributed by atoms with Crippen molar-refractivity contribution in [2.75, 3.05) is 26.2 Å². The third-order valence-electron chi connectivity index (χ3n) is 5.26. The van der Waals surface area contributed by atoms with E-state index in [0.29, 0.717) is 36.6 Å². The average Bonchev–Trinajstić information content (AvgIpc) is 2.64. The Kier molecular flexibility index (Phi) is 5.40. The Labute approximate surface area is 161 Å². The maximum atomic E-state index is 12.9. The number of hydrogen-bond acceptors (Lipinski definition) is 3. The maximum absolute atomic E-state index is 12.9. The SMILES string of the molecule is Cc1ccc(S(=O)(=O)N2CCN(C(=O)c3cc(C)c(C)cc3C)CC2)cc1. The highest BCUT2D eigenvalue weighted by molar-refractivity contribution is 7.89. The van der Waals surface area contributed by atoms with Gasteiger partial charge in [0.2, 0.25) is 10.0 Å². The fourth-order valence-corrected chi connectivity index (χ4v) is 4.77. The average molecular weight is 387 g/mol. The van der Waals surface area contributed by atoms with E-state index >= 15 is 0 Å². The van der Waals surface area contributed by atoms with Crippen molar-refractivity contribution in [3.8, 4) is 0 Å². The molecule has 2 aromatic carbocycles. The highest BCUT2D eigenvalue weighted by atomic mass is 32.2. The molecular formula is C21H26N2O3S. The third kappa shape index (κ3) is 3.92. The lowest BCUT2D eigenvalue weighted by Gasteiger charge is -2.34. The second-order valence-electron chi connectivity index (χ2n) is 7.26. The molecule has 1 fully saturated rings. The number of aryl methyl sites for hydroxylation is 4. The summed E-state index contributed by atoms with van der Waals surface area (Å²) in [4.78, 5) is 15.0. The van der Waals surface area contributed by atoms with Gasteiger partial charge in [-0.05, 0) is 62.6 Å². The second-order valence-corrected chi connectivity index (χ2v) is 9.20. The zero-order valence-corrected chi connectivity index (χ0v) is 17.1. The van der Waals surface area contributed by atoms with Crippen LogP contribution in [0, 0.1) is 27.7 Å². The highest BCUT2D eigenvalue weighted by Gasteiger charge is 2.30. The number of carbonyl (C=O) groups is 1. The molecule has 3 rings (SSSR count). The van der Waals surface area contributed by atoms with E-state index in [1.54, 1.807) is 29.2 Å². The zero-order chi connectivity index (χ0) is 19.8. The number of amides is 1. The van der Waals surface area contributed by atoms with Crippen LogP contribution in [-0.4, -0.2) is 49.7 Å². The minimum atomic E-state index is -3.52. The van der Waals surface area contributed by atoms with Crippen LogP contribution >= 0.6 is 0 Å². The number of benzene rings is 2. The molecule has 27 heavy (non-hydrogen) atoms. The molecular weight excluding hydrogens is 360 g/mol. The predicted molar refractivity (Wildman–Crippen MR) is 106 cm³/mol. The third-order valence-corrected chi connectivity index (χ3v) is 7.17. The Bertz CT molecular complexity index is 958. The van der Waals surface area contributed by atoms with Crippen LogP contribution in [0.15, 0.2) is 41.3 Å². The van der Waals surface area contributed by atoms with Crippen molar-refractivity contribution in [1.82, 2.24) is 9.21 Å². The Morgan fingerprint density at radius 1 is 0.815 bits per heavy atom. The summed E-state index contributed by atoms with van der Waals surface area (Å²) in [6.07, 6.45) is 0. The lowest BCUT2D eigenvalue weighted by Crippen LogP contribution is -2.50. The fourth-order valence-electron chi connectivity index (χ4n) is 3.35. The van der Waals surface area contributed by atoms with Crippen LogP contribution in [0.2, 0.25) is 0 Å². The molecule has 1 amide bonds. The monoisotopic (exact) mass is 386 g/mol. The number of hydrogen-bond donors (Lipinski definition) is 0. The van der Waals surface area contributed by atoms with E-state index in [0.717, 1.165) is 22.3 Å². The summed E-state index contributed by atoms with van der Waals surface area (Å²) in [6, 6.07) is 10.8. The molecule has 1 heterocycles. The number of piperazine rings is 1. The van der Waals surface area contributed by atoms with Crippen LogP contribution in [0.3, 0.4) is 0 Å². The van der Waals surface area contributed by atoms with Crippen molar-refractivity contribution in [3.63, 3.8) is 0 Å². The van der Waals surface area contributed by atoms with Crippen LogP contribution in [0.1, 0.15) is 32.6 Å². The van der Waals surface area contributed by atoms with Gasteiger partial charge in [0.1, 0.15) is 0 Å². The first-order chi connectivity index (χ1) is 12.7. The first-order valence-electron chi connectivity index (χ1n) is 9.14. The van der Waals surface area contributed by atoms with E-state index in [2.05, 4.69) is 0 Å². The molecule has 0 N–H and O–H groups in total. The molecule has 0 saturated carbocycles. The lowest BCUT2D eigenvalue weighted by atomic mass is 10.00. The van der Waals surface area contributed by atoms with E-state index in [1.165, 1.54) is 4.31 Å². The van der Waals surface area contributed by atoms with Gasteiger partial charge in [-0.25, -0.2) is 8.42 Å². The number of carbonyl (C=O) groups excluding carboxylic acids is 1. The molecule has 0 aliphatic carbocycles. The molecule has 0 radical (unpaired) electrons. The van der Waals surface area contributed by atoms with E-state index < -0.39 is 10.0 Å². The second kappa shape index (κ2) is 7.44. The molecule has 0 aromatic heterocycles. The van der Waals surface area contributed by atoms with Crippen LogP contribution < -0.4 is 0 Å². The van der Waals surface area contributed by atoms with Gasteiger partial charge < -0.3 is 4.90 Å². The Morgan fingerprint density at radius 2 is 1.37 bits per heavy atom. The fraction of sp³-hybridized carbons (Fsp3) is 0.381. The first kappa shape index (κ1) is 19.6. The molecule has 0 unspecified atom stereocenters. The minimum absolute atomic E-state index is 0.0250. The van der Waals surface area contributed by atoms with Crippen molar-refractivity contribution in [1.29, 1.82) is 0 Å². The van der Waals surface area contributed by atoms with Crippen molar-refractivity contribution in [3.05, 3.63) is 64.2 Å². The number of nitrogens with zero attached hydrogens (tertiary/aromatic N) is 2. The molecule has 0 atom stereocenters. The Hall–Kier alpha value is -2.18. The van der Waals surface area contributed by atoms with Gasteiger partial charge in [0.25, 0.3) is 5.91 Å². The Balaban J connectivity index is 1.72. The largest absolute Gasteiger partial charge is 0.336 e. The molecule has 6 heteroatoms. The van der Waals surface area contributed by atoms with Crippen molar-refractivity contribution >= 4 is 15.9 Å². The number of sulfonamides is 1. The summed E-state index contributed by atoms with van der Waals surface area (Å²) >= 11 is 0. The summed E-state index contributed by atoms with van der Waals surface area (Å²) in [6.45, 7) is 9.32. The molecule has 0 bridgehead atoms. The molecule has 1 aliphatic heterocycles. The summed E-state index contributed by atoms with van der Waals surface area (Å²) in [5.74, 6) is -0.0250. The van der Waals surface area contributed by atoms with Gasteiger partial charge in [-0.15, -0.1) is 0 Å².